The third-order valence-electron chi connectivity index (χ3n) is 1.38. The van der Waals surface area contributed by atoms with Crippen LogP contribution in [0.3, 0.4) is 0 Å². The second kappa shape index (κ2) is 4.31. The van der Waals surface area contributed by atoms with Crippen LogP contribution >= 0.6 is 0 Å². The summed E-state index contributed by atoms with van der Waals surface area (Å²) >= 11 is 0. The van der Waals surface area contributed by atoms with E-state index in [0.29, 0.717) is 11.5 Å². The van der Waals surface area contributed by atoms with Gasteiger partial charge < -0.3 is 9.47 Å². The molecule has 0 saturated carbocycles. The van der Waals surface area contributed by atoms with Crippen LogP contribution in [0.5, 0.6) is 11.5 Å². The van der Waals surface area contributed by atoms with Crippen molar-refractivity contribution in [3.05, 3.63) is 24.0 Å². The Balaban J connectivity index is 2.83. The highest BCUT2D eigenvalue weighted by Gasteiger charge is 2.00. The van der Waals surface area contributed by atoms with E-state index in [1.807, 2.05) is 0 Å². The minimum Gasteiger partial charge on any atom is -0.497 e. The van der Waals surface area contributed by atoms with Gasteiger partial charge in [-0.25, -0.2) is 4.39 Å². The number of hydrogen-bond donors (Lipinski definition) is 0. The van der Waals surface area contributed by atoms with Crippen molar-refractivity contribution < 1.29 is 13.9 Å². The molecule has 13 heavy (non-hydrogen) atoms. The largest absolute Gasteiger partial charge is 0.497 e. The minimum atomic E-state index is -0.452. The Bertz CT molecular complexity index is 333. The number of rotatable bonds is 3. The van der Waals surface area contributed by atoms with Crippen LogP contribution < -0.4 is 9.47 Å². The zero-order valence-corrected chi connectivity index (χ0v) is 7.08. The molecule has 0 bridgehead atoms. The monoisotopic (exact) mass is 181 g/mol. The Morgan fingerprint density at radius 3 is 2.69 bits per heavy atom. The van der Waals surface area contributed by atoms with E-state index in [0.717, 1.165) is 0 Å². The molecule has 0 heterocycles. The van der Waals surface area contributed by atoms with Gasteiger partial charge in [0.25, 0.3) is 0 Å². The van der Waals surface area contributed by atoms with Gasteiger partial charge in [-0.15, -0.1) is 0 Å². The van der Waals surface area contributed by atoms with Gasteiger partial charge in [-0.05, 0) is 0 Å². The van der Waals surface area contributed by atoms with E-state index in [1.54, 1.807) is 6.07 Å². The highest BCUT2D eigenvalue weighted by Crippen LogP contribution is 2.21. The molecule has 0 atom stereocenters. The molecule has 0 aliphatic rings. The van der Waals surface area contributed by atoms with Gasteiger partial charge in [-0.1, -0.05) is 0 Å². The second-order valence-electron chi connectivity index (χ2n) is 2.27. The maximum absolute atomic E-state index is 12.8. The number of nitriles is 1. The third kappa shape index (κ3) is 2.64. The molecule has 0 N–H and O–H groups in total. The Kier molecular flexibility index (Phi) is 3.09. The lowest BCUT2D eigenvalue weighted by Gasteiger charge is -2.04. The molecule has 3 nitrogen and oxygen atoms in total. The van der Waals surface area contributed by atoms with Gasteiger partial charge in [0.2, 0.25) is 0 Å². The number of benzene rings is 1. The Morgan fingerprint density at radius 1 is 1.38 bits per heavy atom. The fourth-order valence-corrected chi connectivity index (χ4v) is 0.854. The average Bonchev–Trinajstić information content (AvgIpc) is 2.14. The average molecular weight is 181 g/mol. The first-order valence-electron chi connectivity index (χ1n) is 3.60. The summed E-state index contributed by atoms with van der Waals surface area (Å²) in [5, 5.41) is 8.22. The molecule has 0 aromatic heterocycles. The van der Waals surface area contributed by atoms with Gasteiger partial charge in [-0.2, -0.15) is 5.26 Å². The van der Waals surface area contributed by atoms with E-state index in [9.17, 15) is 4.39 Å². The number of ether oxygens (including phenoxy) is 2. The predicted molar refractivity (Wildman–Crippen MR) is 44.1 cm³/mol. The lowest BCUT2D eigenvalue weighted by Crippen LogP contribution is -1.94. The topological polar surface area (TPSA) is 42.2 Å². The molecule has 0 aliphatic heterocycles. The summed E-state index contributed by atoms with van der Waals surface area (Å²) in [6, 6.07) is 5.73. The normalized spacial score (nSPS) is 9.00. The summed E-state index contributed by atoms with van der Waals surface area (Å²) in [4.78, 5) is 0. The minimum absolute atomic E-state index is 0.105. The molecule has 1 rings (SSSR count). The fraction of sp³-hybridized carbons (Fsp3) is 0.222. The van der Waals surface area contributed by atoms with Crippen LogP contribution in [-0.4, -0.2) is 13.7 Å². The van der Waals surface area contributed by atoms with Crippen molar-refractivity contribution >= 4 is 0 Å². The van der Waals surface area contributed by atoms with Crippen molar-refractivity contribution in [2.75, 3.05) is 13.7 Å². The molecular formula is C9H8FNO2. The number of methoxy groups -OCH3 is 1. The molecule has 1 aromatic rings. The van der Waals surface area contributed by atoms with Crippen molar-refractivity contribution in [1.82, 2.24) is 0 Å². The summed E-state index contributed by atoms with van der Waals surface area (Å²) in [5.74, 6) is 0.207. The number of halogens is 1. The van der Waals surface area contributed by atoms with E-state index >= 15 is 0 Å². The van der Waals surface area contributed by atoms with Crippen LogP contribution in [-0.2, 0) is 0 Å². The molecule has 4 heteroatoms. The first-order chi connectivity index (χ1) is 6.26. The molecule has 0 spiro atoms. The molecule has 0 amide bonds. The molecule has 0 fully saturated rings. The van der Waals surface area contributed by atoms with Gasteiger partial charge in [0, 0.05) is 18.2 Å². The lowest BCUT2D eigenvalue weighted by atomic mass is 10.3. The standard InChI is InChI=1S/C9H8FNO2/c1-12-8-4-7(10)5-9(6-8)13-3-2-11/h4-6H,3H2,1H3. The summed E-state index contributed by atoms with van der Waals surface area (Å²) in [5.41, 5.74) is 0. The highest BCUT2D eigenvalue weighted by molar-refractivity contribution is 5.33. The van der Waals surface area contributed by atoms with E-state index < -0.39 is 5.82 Å². The molecule has 0 unspecified atom stereocenters. The molecule has 0 saturated heterocycles. The molecule has 0 aliphatic carbocycles. The van der Waals surface area contributed by atoms with Crippen molar-refractivity contribution in [3.8, 4) is 17.6 Å². The molecular weight excluding hydrogens is 173 g/mol. The predicted octanol–water partition coefficient (Wildman–Crippen LogP) is 1.74. The van der Waals surface area contributed by atoms with E-state index in [2.05, 4.69) is 0 Å². The van der Waals surface area contributed by atoms with Gasteiger partial charge in [0.1, 0.15) is 23.4 Å². The summed E-state index contributed by atoms with van der Waals surface area (Å²) in [6.45, 7) is -0.105. The van der Waals surface area contributed by atoms with Crippen LogP contribution in [0.15, 0.2) is 18.2 Å². The van der Waals surface area contributed by atoms with Crippen LogP contribution in [0.25, 0.3) is 0 Å². The first kappa shape index (κ1) is 9.33. The Labute approximate surface area is 75.3 Å². The Hall–Kier alpha value is -1.76. The van der Waals surface area contributed by atoms with Gasteiger partial charge >= 0.3 is 0 Å². The summed E-state index contributed by atoms with van der Waals surface area (Å²) in [7, 11) is 1.43. The van der Waals surface area contributed by atoms with Crippen molar-refractivity contribution in [3.63, 3.8) is 0 Å². The molecule has 68 valence electrons. The van der Waals surface area contributed by atoms with Gasteiger partial charge in [0.05, 0.1) is 7.11 Å². The van der Waals surface area contributed by atoms with Gasteiger partial charge in [-0.3, -0.25) is 0 Å². The summed E-state index contributed by atoms with van der Waals surface area (Å²) in [6.07, 6.45) is 0. The molecule has 0 radical (unpaired) electrons. The number of hydrogen-bond acceptors (Lipinski definition) is 3. The zero-order chi connectivity index (χ0) is 9.68. The van der Waals surface area contributed by atoms with Gasteiger partial charge in [0.15, 0.2) is 6.61 Å². The molecule has 1 aromatic carbocycles. The zero-order valence-electron chi connectivity index (χ0n) is 7.08. The van der Waals surface area contributed by atoms with Crippen molar-refractivity contribution in [2.24, 2.45) is 0 Å². The van der Waals surface area contributed by atoms with E-state index in [4.69, 9.17) is 14.7 Å². The van der Waals surface area contributed by atoms with Crippen LogP contribution in [0.4, 0.5) is 4.39 Å². The van der Waals surface area contributed by atoms with Crippen LogP contribution in [0.2, 0.25) is 0 Å². The third-order valence-corrected chi connectivity index (χ3v) is 1.38. The van der Waals surface area contributed by atoms with E-state index in [1.165, 1.54) is 25.3 Å². The maximum atomic E-state index is 12.8. The van der Waals surface area contributed by atoms with Crippen molar-refractivity contribution in [2.45, 2.75) is 0 Å². The Morgan fingerprint density at radius 2 is 2.08 bits per heavy atom. The number of nitrogens with zero attached hydrogens (tertiary/aromatic N) is 1. The fourth-order valence-electron chi connectivity index (χ4n) is 0.854. The maximum Gasteiger partial charge on any atom is 0.174 e. The van der Waals surface area contributed by atoms with Crippen LogP contribution in [0, 0.1) is 17.1 Å². The van der Waals surface area contributed by atoms with Crippen LogP contribution in [0.1, 0.15) is 0 Å². The van der Waals surface area contributed by atoms with E-state index in [-0.39, 0.29) is 6.61 Å². The smallest absolute Gasteiger partial charge is 0.174 e. The second-order valence-corrected chi connectivity index (χ2v) is 2.27. The quantitative estimate of drug-likeness (QED) is 0.713. The lowest BCUT2D eigenvalue weighted by molar-refractivity contribution is 0.357. The SMILES string of the molecule is COc1cc(F)cc(OCC#N)c1. The summed E-state index contributed by atoms with van der Waals surface area (Å²) < 4.78 is 22.5. The van der Waals surface area contributed by atoms with Crippen molar-refractivity contribution in [1.29, 1.82) is 5.26 Å². The highest BCUT2D eigenvalue weighted by atomic mass is 19.1. The first-order valence-corrected chi connectivity index (χ1v) is 3.60.